The van der Waals surface area contributed by atoms with E-state index in [4.69, 9.17) is 4.74 Å². The Morgan fingerprint density at radius 3 is 2.05 bits per heavy atom. The lowest BCUT2D eigenvalue weighted by Gasteiger charge is -2.13. The zero-order chi connectivity index (χ0) is 26.1. The SMILES string of the molecule is CCCCCCCCCCCCCCCCCCC(=O)Nc1ncnc2c1ncn2[C@H]1CC[C@@H](CO)O1. The van der Waals surface area contributed by atoms with Crippen molar-refractivity contribution in [1.29, 1.82) is 0 Å². The first-order valence-electron chi connectivity index (χ1n) is 15.0. The Balaban J connectivity index is 1.21. The van der Waals surface area contributed by atoms with Crippen molar-refractivity contribution in [3.8, 4) is 0 Å². The molecule has 0 saturated carbocycles. The highest BCUT2D eigenvalue weighted by Gasteiger charge is 2.28. The van der Waals surface area contributed by atoms with E-state index >= 15 is 0 Å². The third-order valence-corrected chi connectivity index (χ3v) is 7.47. The fraction of sp³-hybridized carbons (Fsp3) is 0.793. The normalized spacial score (nSPS) is 17.6. The van der Waals surface area contributed by atoms with Gasteiger partial charge in [-0.05, 0) is 19.3 Å². The van der Waals surface area contributed by atoms with Crippen molar-refractivity contribution in [3.63, 3.8) is 0 Å². The first-order valence-corrected chi connectivity index (χ1v) is 15.0. The summed E-state index contributed by atoms with van der Waals surface area (Å²) in [5.74, 6) is 0.416. The van der Waals surface area contributed by atoms with E-state index in [1.165, 1.54) is 96.2 Å². The van der Waals surface area contributed by atoms with Gasteiger partial charge in [0.05, 0.1) is 19.0 Å². The second kappa shape index (κ2) is 17.4. The largest absolute Gasteiger partial charge is 0.394 e. The summed E-state index contributed by atoms with van der Waals surface area (Å²) >= 11 is 0. The van der Waals surface area contributed by atoms with Gasteiger partial charge in [-0.15, -0.1) is 0 Å². The molecule has 2 N–H and O–H groups in total. The number of carbonyl (C=O) groups is 1. The summed E-state index contributed by atoms with van der Waals surface area (Å²) in [6, 6.07) is 0. The van der Waals surface area contributed by atoms with E-state index in [1.807, 2.05) is 4.57 Å². The molecule has 0 aliphatic carbocycles. The number of hydrogen-bond acceptors (Lipinski definition) is 6. The standard InChI is InChI=1S/C29H49N5O3/c1-2-3-4-5-6-7-8-9-10-11-12-13-14-15-16-17-18-25(36)33-28-27-29(31-22-30-28)34(23-32-27)26-20-19-24(21-35)37-26/h22-24,26,35H,2-21H2,1H3,(H,30,31,33,36)/t24-,26+/m0/s1. The number of unbranched alkanes of at least 4 members (excludes halogenated alkanes) is 15. The third kappa shape index (κ3) is 10.3. The minimum Gasteiger partial charge on any atom is -0.394 e. The highest BCUT2D eigenvalue weighted by atomic mass is 16.5. The number of ether oxygens (including phenoxy) is 1. The van der Waals surface area contributed by atoms with Crippen molar-refractivity contribution in [2.45, 2.75) is 141 Å². The number of rotatable bonds is 20. The van der Waals surface area contributed by atoms with Crippen LogP contribution in [0.4, 0.5) is 5.82 Å². The number of carbonyl (C=O) groups excluding carboxylic acids is 1. The first-order chi connectivity index (χ1) is 18.2. The van der Waals surface area contributed by atoms with Gasteiger partial charge in [-0.25, -0.2) is 15.0 Å². The van der Waals surface area contributed by atoms with Crippen molar-refractivity contribution >= 4 is 22.9 Å². The van der Waals surface area contributed by atoms with Gasteiger partial charge in [-0.3, -0.25) is 9.36 Å². The van der Waals surface area contributed by atoms with E-state index in [0.717, 1.165) is 25.7 Å². The number of anilines is 1. The van der Waals surface area contributed by atoms with Crippen molar-refractivity contribution in [2.24, 2.45) is 0 Å². The Morgan fingerprint density at radius 1 is 0.892 bits per heavy atom. The van der Waals surface area contributed by atoms with Crippen molar-refractivity contribution in [3.05, 3.63) is 12.7 Å². The smallest absolute Gasteiger partial charge is 0.225 e. The fourth-order valence-corrected chi connectivity index (χ4v) is 5.21. The molecule has 1 fully saturated rings. The molecule has 0 unspecified atom stereocenters. The predicted octanol–water partition coefficient (Wildman–Crippen LogP) is 7.09. The van der Waals surface area contributed by atoms with E-state index < -0.39 is 0 Å². The van der Waals surface area contributed by atoms with Gasteiger partial charge in [0.15, 0.2) is 17.0 Å². The Kier molecular flexibility index (Phi) is 13.9. The molecule has 2 aromatic heterocycles. The highest BCUT2D eigenvalue weighted by molar-refractivity contribution is 5.96. The lowest BCUT2D eigenvalue weighted by molar-refractivity contribution is -0.116. The highest BCUT2D eigenvalue weighted by Crippen LogP contribution is 2.31. The van der Waals surface area contributed by atoms with E-state index in [2.05, 4.69) is 27.2 Å². The number of nitrogens with zero attached hydrogens (tertiary/aromatic N) is 4. The number of nitrogens with one attached hydrogen (secondary N) is 1. The van der Waals surface area contributed by atoms with Crippen LogP contribution in [0.1, 0.15) is 135 Å². The summed E-state index contributed by atoms with van der Waals surface area (Å²) in [5, 5.41) is 12.2. The summed E-state index contributed by atoms with van der Waals surface area (Å²) in [6.45, 7) is 2.29. The van der Waals surface area contributed by atoms with Crippen molar-refractivity contribution < 1.29 is 14.6 Å². The van der Waals surface area contributed by atoms with Crippen LogP contribution in [0, 0.1) is 0 Å². The zero-order valence-corrected chi connectivity index (χ0v) is 23.0. The van der Waals surface area contributed by atoms with Crippen LogP contribution in [0.15, 0.2) is 12.7 Å². The van der Waals surface area contributed by atoms with Gasteiger partial charge in [-0.2, -0.15) is 0 Å². The number of imidazole rings is 1. The molecule has 0 bridgehead atoms. The van der Waals surface area contributed by atoms with Gasteiger partial charge < -0.3 is 15.2 Å². The fourth-order valence-electron chi connectivity index (χ4n) is 5.21. The first kappa shape index (κ1) is 29.5. The van der Waals surface area contributed by atoms with Gasteiger partial charge in [-0.1, -0.05) is 103 Å². The molecule has 2 atom stereocenters. The monoisotopic (exact) mass is 515 g/mol. The average Bonchev–Trinajstić information content (AvgIpc) is 3.56. The molecule has 0 aromatic carbocycles. The molecule has 0 radical (unpaired) electrons. The Morgan fingerprint density at radius 2 is 1.49 bits per heavy atom. The Bertz CT molecular complexity index is 903. The summed E-state index contributed by atoms with van der Waals surface area (Å²) in [5.41, 5.74) is 1.20. The minimum atomic E-state index is -0.203. The van der Waals surface area contributed by atoms with Crippen LogP contribution in [0.5, 0.6) is 0 Å². The molecule has 3 heterocycles. The lowest BCUT2D eigenvalue weighted by Crippen LogP contribution is -2.15. The van der Waals surface area contributed by atoms with Crippen LogP contribution in [-0.4, -0.2) is 43.2 Å². The van der Waals surface area contributed by atoms with E-state index in [-0.39, 0.29) is 24.8 Å². The van der Waals surface area contributed by atoms with Crippen LogP contribution in [0.25, 0.3) is 11.2 Å². The molecule has 37 heavy (non-hydrogen) atoms. The van der Waals surface area contributed by atoms with Crippen LogP contribution >= 0.6 is 0 Å². The van der Waals surface area contributed by atoms with E-state index in [1.54, 1.807) is 6.33 Å². The number of aliphatic hydroxyl groups is 1. The quantitative estimate of drug-likeness (QED) is 0.183. The summed E-state index contributed by atoms with van der Waals surface area (Å²) in [4.78, 5) is 25.5. The topological polar surface area (TPSA) is 102 Å². The molecule has 208 valence electrons. The van der Waals surface area contributed by atoms with Crippen molar-refractivity contribution in [1.82, 2.24) is 19.5 Å². The zero-order valence-electron chi connectivity index (χ0n) is 23.0. The van der Waals surface area contributed by atoms with Gasteiger partial charge in [0, 0.05) is 6.42 Å². The van der Waals surface area contributed by atoms with E-state index in [9.17, 15) is 9.90 Å². The van der Waals surface area contributed by atoms with Gasteiger partial charge in [0.1, 0.15) is 12.6 Å². The van der Waals surface area contributed by atoms with Crippen LogP contribution in [-0.2, 0) is 9.53 Å². The van der Waals surface area contributed by atoms with Gasteiger partial charge in [0.25, 0.3) is 0 Å². The molecule has 1 aliphatic rings. The maximum atomic E-state index is 12.5. The second-order valence-corrected chi connectivity index (χ2v) is 10.6. The Labute approximate surface area is 223 Å². The molecule has 0 spiro atoms. The number of amides is 1. The predicted molar refractivity (Wildman–Crippen MR) is 148 cm³/mol. The second-order valence-electron chi connectivity index (χ2n) is 10.6. The minimum absolute atomic E-state index is 0.0127. The number of aromatic nitrogens is 4. The molecule has 1 saturated heterocycles. The van der Waals surface area contributed by atoms with Crippen LogP contribution in [0.2, 0.25) is 0 Å². The van der Waals surface area contributed by atoms with Crippen LogP contribution in [0.3, 0.4) is 0 Å². The van der Waals surface area contributed by atoms with Gasteiger partial charge >= 0.3 is 0 Å². The molecular weight excluding hydrogens is 466 g/mol. The molecule has 3 rings (SSSR count). The Hall–Kier alpha value is -2.06. The average molecular weight is 516 g/mol. The summed E-state index contributed by atoms with van der Waals surface area (Å²) < 4.78 is 7.71. The molecule has 8 heteroatoms. The maximum Gasteiger partial charge on any atom is 0.225 e. The molecule has 8 nitrogen and oxygen atoms in total. The number of hydrogen-bond donors (Lipinski definition) is 2. The number of fused-ring (bicyclic) bond motifs is 1. The van der Waals surface area contributed by atoms with E-state index in [0.29, 0.717) is 23.4 Å². The number of aliphatic hydroxyl groups excluding tert-OH is 1. The van der Waals surface area contributed by atoms with Crippen molar-refractivity contribution in [2.75, 3.05) is 11.9 Å². The van der Waals surface area contributed by atoms with Crippen LogP contribution < -0.4 is 5.32 Å². The third-order valence-electron chi connectivity index (χ3n) is 7.47. The molecule has 1 aliphatic heterocycles. The molecular formula is C29H49N5O3. The van der Waals surface area contributed by atoms with Gasteiger partial charge in [0.2, 0.25) is 5.91 Å². The maximum absolute atomic E-state index is 12.5. The summed E-state index contributed by atoms with van der Waals surface area (Å²) in [7, 11) is 0. The lowest BCUT2D eigenvalue weighted by atomic mass is 10.0. The summed E-state index contributed by atoms with van der Waals surface area (Å²) in [6.07, 6.45) is 26.0. The molecule has 1 amide bonds. The molecule has 2 aromatic rings.